The second-order valence-corrected chi connectivity index (χ2v) is 5.31. The molecule has 0 aromatic carbocycles. The lowest BCUT2D eigenvalue weighted by Gasteiger charge is -2.19. The maximum atomic E-state index is 12.5. The minimum Gasteiger partial charge on any atom is -0.467 e. The molecule has 7 nitrogen and oxygen atoms in total. The van der Waals surface area contributed by atoms with Crippen molar-refractivity contribution in [3.63, 3.8) is 0 Å². The molecule has 0 spiro atoms. The Balaban J connectivity index is 2.29. The maximum absolute atomic E-state index is 12.5. The van der Waals surface area contributed by atoms with Gasteiger partial charge in [-0.1, -0.05) is 13.8 Å². The normalized spacial score (nSPS) is 12.2. The van der Waals surface area contributed by atoms with Crippen LogP contribution in [-0.4, -0.2) is 39.4 Å². The van der Waals surface area contributed by atoms with Crippen molar-refractivity contribution in [2.24, 2.45) is 13.0 Å². The summed E-state index contributed by atoms with van der Waals surface area (Å²) in [7, 11) is 3.06. The van der Waals surface area contributed by atoms with Crippen LogP contribution in [0.2, 0.25) is 0 Å². The van der Waals surface area contributed by atoms with Gasteiger partial charge in [-0.05, 0) is 18.1 Å². The number of amides is 1. The number of methoxy groups -OCH3 is 1. The third kappa shape index (κ3) is 3.03. The first kappa shape index (κ1) is 15.8. The first-order valence-electron chi connectivity index (χ1n) is 6.99. The van der Waals surface area contributed by atoms with Gasteiger partial charge in [0.1, 0.15) is 17.4 Å². The second-order valence-electron chi connectivity index (χ2n) is 5.31. The molecule has 22 heavy (non-hydrogen) atoms. The number of aromatic nitrogens is 3. The van der Waals surface area contributed by atoms with Crippen LogP contribution in [0.25, 0.3) is 5.82 Å². The van der Waals surface area contributed by atoms with Gasteiger partial charge in [-0.2, -0.15) is 5.10 Å². The number of aryl methyl sites for hydroxylation is 1. The Kier molecular flexibility index (Phi) is 4.65. The molecule has 2 aromatic rings. The largest absolute Gasteiger partial charge is 0.467 e. The van der Waals surface area contributed by atoms with Crippen LogP contribution in [-0.2, 0) is 16.6 Å². The molecule has 7 heteroatoms. The van der Waals surface area contributed by atoms with Gasteiger partial charge in [0, 0.05) is 19.4 Å². The summed E-state index contributed by atoms with van der Waals surface area (Å²) >= 11 is 0. The topological polar surface area (TPSA) is 78.2 Å². The van der Waals surface area contributed by atoms with E-state index in [2.05, 4.69) is 10.4 Å². The highest BCUT2D eigenvalue weighted by atomic mass is 16.5. The predicted octanol–water partition coefficient (Wildman–Crippen LogP) is 1.14. The fourth-order valence-corrected chi connectivity index (χ4v) is 2.22. The lowest BCUT2D eigenvalue weighted by Crippen LogP contribution is -2.45. The van der Waals surface area contributed by atoms with Gasteiger partial charge in [0.2, 0.25) is 0 Å². The Bertz CT molecular complexity index is 658. The number of hydrogen-bond donors (Lipinski definition) is 1. The molecule has 118 valence electrons. The van der Waals surface area contributed by atoms with E-state index in [1.807, 2.05) is 38.4 Å². The van der Waals surface area contributed by atoms with Crippen LogP contribution >= 0.6 is 0 Å². The van der Waals surface area contributed by atoms with E-state index in [-0.39, 0.29) is 11.8 Å². The van der Waals surface area contributed by atoms with E-state index in [0.29, 0.717) is 11.4 Å². The molecule has 1 N–H and O–H groups in total. The number of esters is 1. The smallest absolute Gasteiger partial charge is 0.328 e. The third-order valence-electron chi connectivity index (χ3n) is 3.41. The number of ether oxygens (including phenoxy) is 1. The monoisotopic (exact) mass is 304 g/mol. The van der Waals surface area contributed by atoms with E-state index in [1.165, 1.54) is 13.3 Å². The molecular weight excluding hydrogens is 284 g/mol. The van der Waals surface area contributed by atoms with Crippen LogP contribution in [0.1, 0.15) is 24.2 Å². The van der Waals surface area contributed by atoms with Gasteiger partial charge >= 0.3 is 5.97 Å². The fourth-order valence-electron chi connectivity index (χ4n) is 2.22. The fraction of sp³-hybridized carbons (Fsp3) is 0.400. The summed E-state index contributed by atoms with van der Waals surface area (Å²) in [6.07, 6.45) is 5.14. The molecule has 0 fully saturated rings. The predicted molar refractivity (Wildman–Crippen MR) is 80.6 cm³/mol. The number of carbonyl (C=O) groups is 2. The molecule has 1 atom stereocenters. The van der Waals surface area contributed by atoms with Crippen molar-refractivity contribution in [1.82, 2.24) is 19.7 Å². The first-order chi connectivity index (χ1) is 10.5. The van der Waals surface area contributed by atoms with Gasteiger partial charge in [0.15, 0.2) is 0 Å². The quantitative estimate of drug-likeness (QED) is 0.840. The summed E-state index contributed by atoms with van der Waals surface area (Å²) in [5.41, 5.74) is 0.397. The van der Waals surface area contributed by atoms with E-state index in [4.69, 9.17) is 4.74 Å². The van der Waals surface area contributed by atoms with Crippen molar-refractivity contribution in [3.8, 4) is 5.82 Å². The summed E-state index contributed by atoms with van der Waals surface area (Å²) < 4.78 is 8.14. The molecule has 0 saturated carbocycles. The summed E-state index contributed by atoms with van der Waals surface area (Å²) in [4.78, 5) is 24.3. The number of carbonyl (C=O) groups excluding carboxylic acids is 2. The van der Waals surface area contributed by atoms with Crippen molar-refractivity contribution in [2.75, 3.05) is 7.11 Å². The minimum atomic E-state index is -0.699. The van der Waals surface area contributed by atoms with Crippen molar-refractivity contribution < 1.29 is 14.3 Å². The first-order valence-corrected chi connectivity index (χ1v) is 6.99. The Hall–Kier alpha value is -2.57. The number of hydrogen-bond acceptors (Lipinski definition) is 4. The highest BCUT2D eigenvalue weighted by Crippen LogP contribution is 2.15. The summed E-state index contributed by atoms with van der Waals surface area (Å²) in [6, 6.07) is 3.02. The lowest BCUT2D eigenvalue weighted by atomic mass is 10.0. The number of nitrogens with zero attached hydrogens (tertiary/aromatic N) is 3. The molecule has 0 aliphatic rings. The average Bonchev–Trinajstić information content (AvgIpc) is 3.12. The van der Waals surface area contributed by atoms with Crippen molar-refractivity contribution in [1.29, 1.82) is 0 Å². The zero-order chi connectivity index (χ0) is 16.3. The van der Waals surface area contributed by atoms with Gasteiger partial charge in [0.05, 0.1) is 13.3 Å². The van der Waals surface area contributed by atoms with Crippen LogP contribution < -0.4 is 5.32 Å². The average molecular weight is 304 g/mol. The highest BCUT2D eigenvalue weighted by Gasteiger charge is 2.27. The molecule has 0 radical (unpaired) electrons. The standard InChI is InChI=1S/C15H20N4O3/c1-10(2)12(15(21)22-4)17-13(20)11-9-16-18(3)14(11)19-7-5-6-8-19/h5-10,12H,1-4H3,(H,17,20). The van der Waals surface area contributed by atoms with Gasteiger partial charge in [0.25, 0.3) is 5.91 Å². The SMILES string of the molecule is COC(=O)C(NC(=O)c1cnn(C)c1-n1cccc1)C(C)C. The van der Waals surface area contributed by atoms with Crippen LogP contribution in [0, 0.1) is 5.92 Å². The number of rotatable bonds is 5. The van der Waals surface area contributed by atoms with Crippen LogP contribution in [0.4, 0.5) is 0 Å². The number of nitrogens with one attached hydrogen (secondary N) is 1. The van der Waals surface area contributed by atoms with Crippen LogP contribution in [0.5, 0.6) is 0 Å². The molecule has 2 aromatic heterocycles. The second kappa shape index (κ2) is 6.46. The molecule has 2 heterocycles. The van der Waals surface area contributed by atoms with E-state index >= 15 is 0 Å². The van der Waals surface area contributed by atoms with E-state index in [9.17, 15) is 9.59 Å². The third-order valence-corrected chi connectivity index (χ3v) is 3.41. The molecule has 1 amide bonds. The van der Waals surface area contributed by atoms with Gasteiger partial charge < -0.3 is 14.6 Å². The Morgan fingerprint density at radius 1 is 1.27 bits per heavy atom. The van der Waals surface area contributed by atoms with Gasteiger partial charge in [-0.15, -0.1) is 0 Å². The van der Waals surface area contributed by atoms with Crippen LogP contribution in [0.15, 0.2) is 30.7 Å². The Labute approximate surface area is 128 Å². The van der Waals surface area contributed by atoms with Gasteiger partial charge in [-0.25, -0.2) is 4.79 Å². The van der Waals surface area contributed by atoms with E-state index in [1.54, 1.807) is 16.3 Å². The maximum Gasteiger partial charge on any atom is 0.328 e. The lowest BCUT2D eigenvalue weighted by molar-refractivity contribution is -0.144. The molecule has 0 aliphatic carbocycles. The van der Waals surface area contributed by atoms with E-state index in [0.717, 1.165) is 0 Å². The van der Waals surface area contributed by atoms with Crippen molar-refractivity contribution in [2.45, 2.75) is 19.9 Å². The molecule has 1 unspecified atom stereocenters. The molecule has 0 saturated heterocycles. The van der Waals surface area contributed by atoms with E-state index < -0.39 is 12.0 Å². The summed E-state index contributed by atoms with van der Waals surface area (Å²) in [6.45, 7) is 3.69. The molecule has 2 rings (SSSR count). The van der Waals surface area contributed by atoms with Crippen LogP contribution in [0.3, 0.4) is 0 Å². The van der Waals surface area contributed by atoms with Crippen molar-refractivity contribution >= 4 is 11.9 Å². The molecule has 0 aliphatic heterocycles. The van der Waals surface area contributed by atoms with Gasteiger partial charge in [-0.3, -0.25) is 9.48 Å². The summed E-state index contributed by atoms with van der Waals surface area (Å²) in [5, 5.41) is 6.85. The van der Waals surface area contributed by atoms with Crippen molar-refractivity contribution in [3.05, 3.63) is 36.3 Å². The Morgan fingerprint density at radius 2 is 1.91 bits per heavy atom. The molecular formula is C15H20N4O3. The zero-order valence-electron chi connectivity index (χ0n) is 13.1. The molecule has 0 bridgehead atoms. The Morgan fingerprint density at radius 3 is 2.45 bits per heavy atom. The highest BCUT2D eigenvalue weighted by molar-refractivity contribution is 5.99. The zero-order valence-corrected chi connectivity index (χ0v) is 13.1. The summed E-state index contributed by atoms with van der Waals surface area (Å²) in [5.74, 6) is -0.270. The minimum absolute atomic E-state index is 0.0805.